The second-order valence-electron chi connectivity index (χ2n) is 3.73. The Hall–Kier alpha value is -1.59. The fourth-order valence-corrected chi connectivity index (χ4v) is 1.96. The van der Waals surface area contributed by atoms with E-state index < -0.39 is 0 Å². The number of hydrogen-bond donors (Lipinski definition) is 2. The summed E-state index contributed by atoms with van der Waals surface area (Å²) in [5.41, 5.74) is 2.18. The van der Waals surface area contributed by atoms with E-state index in [0.29, 0.717) is 22.3 Å². The molecule has 5 heteroatoms. The second kappa shape index (κ2) is 5.84. The number of hydrogen-bond acceptors (Lipinski definition) is 3. The Morgan fingerprint density at radius 1 is 1.28 bits per heavy atom. The number of benzene rings is 1. The molecule has 1 heterocycles. The summed E-state index contributed by atoms with van der Waals surface area (Å²) in [5, 5.41) is 11.6. The van der Waals surface area contributed by atoms with Crippen LogP contribution >= 0.6 is 15.9 Å². The standard InChI is InChI=1S/C13H12BrNO3/c14-12-11(6-8-18-12)13(17)15-10-3-1-9(2-4-10)5-7-16/h1-4,6,8,16H,5,7H2,(H,15,17). The molecular weight excluding hydrogens is 298 g/mol. The summed E-state index contributed by atoms with van der Waals surface area (Å²) >= 11 is 3.16. The molecule has 1 amide bonds. The number of aliphatic hydroxyl groups excluding tert-OH is 1. The Labute approximate surface area is 113 Å². The van der Waals surface area contributed by atoms with Crippen LogP contribution in [0.15, 0.2) is 45.7 Å². The molecule has 1 aromatic carbocycles. The van der Waals surface area contributed by atoms with E-state index in [-0.39, 0.29) is 12.5 Å². The second-order valence-corrected chi connectivity index (χ2v) is 4.45. The summed E-state index contributed by atoms with van der Waals surface area (Å²) in [4.78, 5) is 11.9. The van der Waals surface area contributed by atoms with Gasteiger partial charge in [-0.25, -0.2) is 0 Å². The van der Waals surface area contributed by atoms with Crippen LogP contribution in [0.1, 0.15) is 15.9 Å². The van der Waals surface area contributed by atoms with Gasteiger partial charge in [-0.15, -0.1) is 0 Å². The highest BCUT2D eigenvalue weighted by Gasteiger charge is 2.12. The highest BCUT2D eigenvalue weighted by molar-refractivity contribution is 9.10. The van der Waals surface area contributed by atoms with Crippen molar-refractivity contribution in [1.29, 1.82) is 0 Å². The lowest BCUT2D eigenvalue weighted by Gasteiger charge is -2.05. The maximum absolute atomic E-state index is 11.9. The summed E-state index contributed by atoms with van der Waals surface area (Å²) in [5.74, 6) is -0.231. The molecule has 0 saturated carbocycles. The molecule has 2 rings (SSSR count). The first-order chi connectivity index (χ1) is 8.70. The molecule has 0 atom stereocenters. The van der Waals surface area contributed by atoms with E-state index in [9.17, 15) is 4.79 Å². The van der Waals surface area contributed by atoms with Crippen LogP contribution in [-0.4, -0.2) is 17.6 Å². The van der Waals surface area contributed by atoms with Crippen molar-refractivity contribution >= 4 is 27.5 Å². The van der Waals surface area contributed by atoms with Gasteiger partial charge >= 0.3 is 0 Å². The molecule has 0 bridgehead atoms. The Balaban J connectivity index is 2.05. The Morgan fingerprint density at radius 3 is 2.56 bits per heavy atom. The fraction of sp³-hybridized carbons (Fsp3) is 0.154. The van der Waals surface area contributed by atoms with E-state index in [1.807, 2.05) is 12.1 Å². The largest absolute Gasteiger partial charge is 0.457 e. The molecule has 2 N–H and O–H groups in total. The molecular formula is C13H12BrNO3. The van der Waals surface area contributed by atoms with Crippen molar-refractivity contribution in [3.8, 4) is 0 Å². The number of carbonyl (C=O) groups is 1. The number of furan rings is 1. The number of aliphatic hydroxyl groups is 1. The fourth-order valence-electron chi connectivity index (χ4n) is 1.54. The van der Waals surface area contributed by atoms with Gasteiger partial charge < -0.3 is 14.8 Å². The lowest BCUT2D eigenvalue weighted by molar-refractivity contribution is 0.102. The van der Waals surface area contributed by atoms with E-state index in [2.05, 4.69) is 21.2 Å². The molecule has 1 aromatic heterocycles. The SMILES string of the molecule is O=C(Nc1ccc(CCO)cc1)c1ccoc1Br. The first-order valence-corrected chi connectivity index (χ1v) is 6.24. The first kappa shape index (κ1) is 12.9. The first-order valence-electron chi connectivity index (χ1n) is 5.45. The highest BCUT2D eigenvalue weighted by atomic mass is 79.9. The summed E-state index contributed by atoms with van der Waals surface area (Å²) in [6.45, 7) is 0.119. The average molecular weight is 310 g/mol. The van der Waals surface area contributed by atoms with Gasteiger partial charge in [-0.05, 0) is 46.1 Å². The number of nitrogens with one attached hydrogen (secondary N) is 1. The quantitative estimate of drug-likeness (QED) is 0.913. The third kappa shape index (κ3) is 3.00. The summed E-state index contributed by atoms with van der Waals surface area (Å²) in [6, 6.07) is 8.94. The van der Waals surface area contributed by atoms with E-state index in [1.165, 1.54) is 6.26 Å². The zero-order chi connectivity index (χ0) is 13.0. The molecule has 0 saturated heterocycles. The van der Waals surface area contributed by atoms with E-state index >= 15 is 0 Å². The third-order valence-corrected chi connectivity index (χ3v) is 3.09. The molecule has 0 aliphatic heterocycles. The molecule has 0 radical (unpaired) electrons. The van der Waals surface area contributed by atoms with Crippen molar-refractivity contribution in [2.75, 3.05) is 11.9 Å². The van der Waals surface area contributed by atoms with Crippen LogP contribution in [0.25, 0.3) is 0 Å². The van der Waals surface area contributed by atoms with E-state index in [1.54, 1.807) is 18.2 Å². The van der Waals surface area contributed by atoms with Gasteiger partial charge in [0, 0.05) is 12.3 Å². The van der Waals surface area contributed by atoms with Crippen molar-refractivity contribution in [3.63, 3.8) is 0 Å². The zero-order valence-corrected chi connectivity index (χ0v) is 11.1. The van der Waals surface area contributed by atoms with Gasteiger partial charge in [0.15, 0.2) is 4.67 Å². The number of halogens is 1. The Morgan fingerprint density at radius 2 is 2.00 bits per heavy atom. The van der Waals surface area contributed by atoms with Crippen molar-refractivity contribution in [2.45, 2.75) is 6.42 Å². The van der Waals surface area contributed by atoms with Crippen molar-refractivity contribution in [1.82, 2.24) is 0 Å². The maximum atomic E-state index is 11.9. The maximum Gasteiger partial charge on any atom is 0.260 e. The summed E-state index contributed by atoms with van der Waals surface area (Å²) in [7, 11) is 0. The molecule has 4 nitrogen and oxygen atoms in total. The zero-order valence-electron chi connectivity index (χ0n) is 9.52. The monoisotopic (exact) mass is 309 g/mol. The molecule has 0 aliphatic carbocycles. The van der Waals surface area contributed by atoms with Gasteiger partial charge in [0.2, 0.25) is 0 Å². The molecule has 0 spiro atoms. The third-order valence-electron chi connectivity index (χ3n) is 2.47. The lowest BCUT2D eigenvalue weighted by Crippen LogP contribution is -2.11. The lowest BCUT2D eigenvalue weighted by atomic mass is 10.1. The highest BCUT2D eigenvalue weighted by Crippen LogP contribution is 2.19. The minimum atomic E-state index is -0.231. The van der Waals surface area contributed by atoms with Gasteiger partial charge in [0.05, 0.1) is 11.8 Å². The number of amides is 1. The van der Waals surface area contributed by atoms with Gasteiger partial charge in [-0.2, -0.15) is 0 Å². The number of carbonyl (C=O) groups excluding carboxylic acids is 1. The van der Waals surface area contributed by atoms with Crippen molar-refractivity contribution in [3.05, 3.63) is 52.4 Å². The van der Waals surface area contributed by atoms with E-state index in [0.717, 1.165) is 5.56 Å². The van der Waals surface area contributed by atoms with Crippen LogP contribution in [0.4, 0.5) is 5.69 Å². The number of rotatable bonds is 4. The molecule has 94 valence electrons. The van der Waals surface area contributed by atoms with Gasteiger partial charge in [0.25, 0.3) is 5.91 Å². The van der Waals surface area contributed by atoms with Crippen molar-refractivity contribution < 1.29 is 14.3 Å². The van der Waals surface area contributed by atoms with Crippen LogP contribution in [0.5, 0.6) is 0 Å². The average Bonchev–Trinajstić information content (AvgIpc) is 2.78. The van der Waals surface area contributed by atoms with Crippen LogP contribution in [-0.2, 0) is 6.42 Å². The van der Waals surface area contributed by atoms with Crippen LogP contribution in [0.3, 0.4) is 0 Å². The van der Waals surface area contributed by atoms with Crippen molar-refractivity contribution in [2.24, 2.45) is 0 Å². The molecule has 0 aliphatic rings. The summed E-state index contributed by atoms with van der Waals surface area (Å²) < 4.78 is 5.42. The minimum Gasteiger partial charge on any atom is -0.457 e. The molecule has 0 fully saturated rings. The van der Waals surface area contributed by atoms with E-state index in [4.69, 9.17) is 9.52 Å². The summed E-state index contributed by atoms with van der Waals surface area (Å²) in [6.07, 6.45) is 2.06. The van der Waals surface area contributed by atoms with Gasteiger partial charge in [-0.3, -0.25) is 4.79 Å². The molecule has 2 aromatic rings. The predicted octanol–water partition coefficient (Wildman–Crippen LogP) is 2.83. The Bertz CT molecular complexity index is 533. The molecule has 18 heavy (non-hydrogen) atoms. The minimum absolute atomic E-state index is 0.119. The van der Waals surface area contributed by atoms with Crippen LogP contribution in [0.2, 0.25) is 0 Å². The Kier molecular flexibility index (Phi) is 4.17. The van der Waals surface area contributed by atoms with Crippen LogP contribution in [0, 0.1) is 0 Å². The van der Waals surface area contributed by atoms with Crippen LogP contribution < -0.4 is 5.32 Å². The van der Waals surface area contributed by atoms with Gasteiger partial charge in [0.1, 0.15) is 0 Å². The smallest absolute Gasteiger partial charge is 0.260 e. The number of anilines is 1. The normalized spacial score (nSPS) is 10.3. The van der Waals surface area contributed by atoms with Gasteiger partial charge in [-0.1, -0.05) is 12.1 Å². The predicted molar refractivity (Wildman–Crippen MR) is 71.6 cm³/mol. The molecule has 0 unspecified atom stereocenters. The topological polar surface area (TPSA) is 62.5 Å².